The maximum atomic E-state index is 5.22. The third kappa shape index (κ3) is 2.48. The normalized spacial score (nSPS) is 18.5. The van der Waals surface area contributed by atoms with Gasteiger partial charge in [-0.2, -0.15) is 0 Å². The van der Waals surface area contributed by atoms with Gasteiger partial charge in [0.25, 0.3) is 0 Å². The predicted molar refractivity (Wildman–Crippen MR) is 104 cm³/mol. The van der Waals surface area contributed by atoms with Gasteiger partial charge in [-0.3, -0.25) is 4.99 Å². The zero-order chi connectivity index (χ0) is 16.8. The maximum Gasteiger partial charge on any atom is 0.0810 e. The fraction of sp³-hybridized carbons (Fsp3) is 0.304. The van der Waals surface area contributed by atoms with Crippen molar-refractivity contribution in [3.05, 3.63) is 65.2 Å². The van der Waals surface area contributed by atoms with Crippen molar-refractivity contribution >= 4 is 16.6 Å². The van der Waals surface area contributed by atoms with Crippen LogP contribution in [0, 0.1) is 6.92 Å². The molecule has 0 N–H and O–H groups in total. The van der Waals surface area contributed by atoms with Crippen molar-refractivity contribution < 1.29 is 0 Å². The van der Waals surface area contributed by atoms with Crippen molar-refractivity contribution in [3.8, 4) is 11.3 Å². The van der Waals surface area contributed by atoms with Gasteiger partial charge in [-0.1, -0.05) is 55.7 Å². The van der Waals surface area contributed by atoms with E-state index in [0.29, 0.717) is 6.04 Å². The summed E-state index contributed by atoms with van der Waals surface area (Å²) in [5.74, 6) is 0. The Morgan fingerprint density at radius 2 is 1.68 bits per heavy atom. The second-order valence-electron chi connectivity index (χ2n) is 7.40. The number of aromatic nitrogens is 1. The highest BCUT2D eigenvalue weighted by molar-refractivity contribution is 6.25. The smallest absolute Gasteiger partial charge is 0.0810 e. The van der Waals surface area contributed by atoms with Gasteiger partial charge < -0.3 is 0 Å². The molecular weight excluding hydrogens is 304 g/mol. The molecule has 2 nitrogen and oxygen atoms in total. The summed E-state index contributed by atoms with van der Waals surface area (Å²) in [6, 6.07) is 17.9. The Morgan fingerprint density at radius 1 is 0.880 bits per heavy atom. The van der Waals surface area contributed by atoms with Crippen molar-refractivity contribution in [3.63, 3.8) is 0 Å². The van der Waals surface area contributed by atoms with Gasteiger partial charge in [0.05, 0.1) is 23.0 Å². The summed E-state index contributed by atoms with van der Waals surface area (Å²) in [6.45, 7) is 2.12. The van der Waals surface area contributed by atoms with Gasteiger partial charge in [0.15, 0.2) is 0 Å². The fourth-order valence-corrected chi connectivity index (χ4v) is 4.24. The van der Waals surface area contributed by atoms with E-state index in [-0.39, 0.29) is 0 Å². The van der Waals surface area contributed by atoms with Crippen LogP contribution in [-0.2, 0) is 0 Å². The van der Waals surface area contributed by atoms with Crippen LogP contribution in [0.2, 0.25) is 0 Å². The van der Waals surface area contributed by atoms with E-state index >= 15 is 0 Å². The van der Waals surface area contributed by atoms with Crippen LogP contribution in [0.15, 0.2) is 53.5 Å². The Labute approximate surface area is 148 Å². The number of fused-ring (bicyclic) bond motifs is 4. The SMILES string of the molecule is Cc1ccc2cc3c(nc2c1)-c1ccccc1C3=NC1CCCCC1. The number of hydrogen-bond acceptors (Lipinski definition) is 2. The number of benzene rings is 2. The lowest BCUT2D eigenvalue weighted by Crippen LogP contribution is -2.13. The average Bonchev–Trinajstić information content (AvgIpc) is 2.94. The lowest BCUT2D eigenvalue weighted by atomic mass is 9.95. The van der Waals surface area contributed by atoms with Gasteiger partial charge in [-0.25, -0.2) is 4.98 Å². The molecule has 2 aliphatic carbocycles. The Kier molecular flexibility index (Phi) is 3.44. The first-order chi connectivity index (χ1) is 12.3. The minimum atomic E-state index is 0.469. The van der Waals surface area contributed by atoms with Crippen LogP contribution in [0.4, 0.5) is 0 Å². The second-order valence-corrected chi connectivity index (χ2v) is 7.40. The Balaban J connectivity index is 1.73. The summed E-state index contributed by atoms with van der Waals surface area (Å²) in [4.78, 5) is 10.2. The highest BCUT2D eigenvalue weighted by Crippen LogP contribution is 2.38. The van der Waals surface area contributed by atoms with Gasteiger partial charge in [-0.15, -0.1) is 0 Å². The molecule has 0 aliphatic heterocycles. The van der Waals surface area contributed by atoms with Gasteiger partial charge in [0.1, 0.15) is 0 Å². The van der Waals surface area contributed by atoms with E-state index in [1.165, 1.54) is 59.7 Å². The summed E-state index contributed by atoms with van der Waals surface area (Å²) < 4.78 is 0. The number of rotatable bonds is 1. The van der Waals surface area contributed by atoms with Crippen LogP contribution in [-0.4, -0.2) is 16.7 Å². The molecule has 1 fully saturated rings. The Hall–Kier alpha value is -2.48. The molecule has 1 aromatic heterocycles. The van der Waals surface area contributed by atoms with Gasteiger partial charge in [0.2, 0.25) is 0 Å². The van der Waals surface area contributed by atoms with Crippen molar-refractivity contribution in [2.75, 3.05) is 0 Å². The van der Waals surface area contributed by atoms with Crippen molar-refractivity contribution in [2.24, 2.45) is 4.99 Å². The highest BCUT2D eigenvalue weighted by atomic mass is 14.8. The number of aryl methyl sites for hydroxylation is 1. The largest absolute Gasteiger partial charge is 0.281 e. The fourth-order valence-electron chi connectivity index (χ4n) is 4.24. The molecule has 0 bridgehead atoms. The molecule has 5 rings (SSSR count). The Bertz CT molecular complexity index is 994. The maximum absolute atomic E-state index is 5.22. The lowest BCUT2D eigenvalue weighted by molar-refractivity contribution is 0.444. The van der Waals surface area contributed by atoms with Crippen molar-refractivity contribution in [1.82, 2.24) is 4.98 Å². The molecule has 3 aromatic rings. The molecule has 1 heterocycles. The number of aliphatic imine (C=N–C) groups is 1. The predicted octanol–water partition coefficient (Wildman–Crippen LogP) is 5.69. The van der Waals surface area contributed by atoms with E-state index in [0.717, 1.165) is 16.9 Å². The van der Waals surface area contributed by atoms with Crippen molar-refractivity contribution in [1.29, 1.82) is 0 Å². The lowest BCUT2D eigenvalue weighted by Gasteiger charge is -2.18. The third-order valence-electron chi connectivity index (χ3n) is 5.55. The van der Waals surface area contributed by atoms with Crippen molar-refractivity contribution in [2.45, 2.75) is 45.1 Å². The van der Waals surface area contributed by atoms with E-state index in [1.807, 2.05) is 0 Å². The molecule has 124 valence electrons. The van der Waals surface area contributed by atoms with E-state index in [4.69, 9.17) is 9.98 Å². The summed E-state index contributed by atoms with van der Waals surface area (Å²) in [6.07, 6.45) is 6.43. The monoisotopic (exact) mass is 326 g/mol. The number of pyridine rings is 1. The molecule has 0 amide bonds. The molecule has 0 radical (unpaired) electrons. The molecule has 0 saturated heterocycles. The average molecular weight is 326 g/mol. The van der Waals surface area contributed by atoms with E-state index < -0.39 is 0 Å². The molecule has 2 heteroatoms. The molecule has 25 heavy (non-hydrogen) atoms. The van der Waals surface area contributed by atoms with E-state index in [2.05, 4.69) is 55.5 Å². The Morgan fingerprint density at radius 3 is 2.52 bits per heavy atom. The first kappa shape index (κ1) is 14.8. The molecule has 0 unspecified atom stereocenters. The first-order valence-corrected chi connectivity index (χ1v) is 9.39. The third-order valence-corrected chi connectivity index (χ3v) is 5.55. The molecule has 0 atom stereocenters. The molecular formula is C23H22N2. The molecule has 1 saturated carbocycles. The van der Waals surface area contributed by atoms with Gasteiger partial charge in [-0.05, 0) is 37.5 Å². The van der Waals surface area contributed by atoms with E-state index in [1.54, 1.807) is 0 Å². The summed E-state index contributed by atoms with van der Waals surface area (Å²) in [7, 11) is 0. The van der Waals surface area contributed by atoms with Gasteiger partial charge >= 0.3 is 0 Å². The van der Waals surface area contributed by atoms with E-state index in [9.17, 15) is 0 Å². The second kappa shape index (κ2) is 5.80. The zero-order valence-corrected chi connectivity index (χ0v) is 14.6. The topological polar surface area (TPSA) is 25.2 Å². The minimum Gasteiger partial charge on any atom is -0.281 e. The summed E-state index contributed by atoms with van der Waals surface area (Å²) in [5.41, 5.74) is 8.28. The standard InChI is InChI=1S/C23H22N2/c1-15-11-12-16-14-20-22(24-17-7-3-2-4-8-17)18-9-5-6-10-19(18)23(20)25-21(16)13-15/h5-6,9-14,17H,2-4,7-8H2,1H3. The summed E-state index contributed by atoms with van der Waals surface area (Å²) >= 11 is 0. The van der Waals surface area contributed by atoms with Crippen LogP contribution in [0.1, 0.15) is 48.8 Å². The van der Waals surface area contributed by atoms with Gasteiger partial charge in [0, 0.05) is 22.1 Å². The number of nitrogens with zero attached hydrogens (tertiary/aromatic N) is 2. The summed E-state index contributed by atoms with van der Waals surface area (Å²) in [5, 5.41) is 1.20. The van der Waals surface area contributed by atoms with Crippen LogP contribution >= 0.6 is 0 Å². The highest BCUT2D eigenvalue weighted by Gasteiger charge is 2.27. The zero-order valence-electron chi connectivity index (χ0n) is 14.6. The molecule has 0 spiro atoms. The van der Waals surface area contributed by atoms with Crippen LogP contribution in [0.5, 0.6) is 0 Å². The first-order valence-electron chi connectivity index (χ1n) is 9.39. The van der Waals surface area contributed by atoms with Crippen LogP contribution in [0.25, 0.3) is 22.2 Å². The quantitative estimate of drug-likeness (QED) is 0.441. The number of hydrogen-bond donors (Lipinski definition) is 0. The minimum absolute atomic E-state index is 0.469. The molecule has 2 aromatic carbocycles. The van der Waals surface area contributed by atoms with Crippen LogP contribution < -0.4 is 0 Å². The molecule has 2 aliphatic rings. The van der Waals surface area contributed by atoms with Crippen LogP contribution in [0.3, 0.4) is 0 Å².